The molecule has 0 atom stereocenters. The van der Waals surface area contributed by atoms with E-state index in [0.29, 0.717) is 27.4 Å². The van der Waals surface area contributed by atoms with Crippen LogP contribution < -0.4 is 10.1 Å². The van der Waals surface area contributed by atoms with Crippen LogP contribution in [0, 0.1) is 6.92 Å². The second kappa shape index (κ2) is 9.77. The van der Waals surface area contributed by atoms with E-state index in [9.17, 15) is 9.59 Å². The van der Waals surface area contributed by atoms with Crippen molar-refractivity contribution in [3.05, 3.63) is 53.1 Å². The van der Waals surface area contributed by atoms with Crippen LogP contribution in [-0.4, -0.2) is 39.4 Å². The molecule has 3 rings (SSSR count). The fraction of sp³-hybridized carbons (Fsp3) is 0.238. The molecule has 1 aromatic heterocycles. The average molecular weight is 445 g/mol. The zero-order chi connectivity index (χ0) is 21.7. The standard InChI is InChI=1S/C21H21ClN4O3S/c1-4-19(28)26-21(24-20(25-26)14-7-5-6-13(2)10-14)30-12-18(27)23-16-11-15(22)8-9-17(16)29-3/h5-11H,4,12H2,1-3H3,(H,23,27). The molecule has 0 radical (unpaired) electrons. The van der Waals surface area contributed by atoms with Crippen molar-refractivity contribution in [3.63, 3.8) is 0 Å². The minimum Gasteiger partial charge on any atom is -0.495 e. The number of nitrogens with one attached hydrogen (secondary N) is 1. The van der Waals surface area contributed by atoms with Gasteiger partial charge in [0.15, 0.2) is 11.0 Å². The number of rotatable bonds is 7. The second-order valence-electron chi connectivity index (χ2n) is 6.43. The molecule has 3 aromatic rings. The number of carbonyl (C=O) groups excluding carboxylic acids is 2. The molecule has 0 bridgehead atoms. The Morgan fingerprint density at radius 3 is 2.73 bits per heavy atom. The van der Waals surface area contributed by atoms with Crippen molar-refractivity contribution in [1.82, 2.24) is 14.8 Å². The minimum absolute atomic E-state index is 0.0403. The quantitative estimate of drug-likeness (QED) is 0.532. The zero-order valence-electron chi connectivity index (χ0n) is 16.8. The van der Waals surface area contributed by atoms with Crippen LogP contribution in [0.4, 0.5) is 5.69 Å². The van der Waals surface area contributed by atoms with Gasteiger partial charge in [-0.1, -0.05) is 54.0 Å². The van der Waals surface area contributed by atoms with Crippen molar-refractivity contribution >= 4 is 40.9 Å². The molecule has 0 saturated carbocycles. The number of hydrogen-bond donors (Lipinski definition) is 1. The summed E-state index contributed by atoms with van der Waals surface area (Å²) in [5, 5.41) is 7.98. The van der Waals surface area contributed by atoms with Gasteiger partial charge in [-0.25, -0.2) is 4.98 Å². The van der Waals surface area contributed by atoms with Gasteiger partial charge in [0.2, 0.25) is 11.8 Å². The van der Waals surface area contributed by atoms with Crippen LogP contribution in [0.25, 0.3) is 11.4 Å². The van der Waals surface area contributed by atoms with Gasteiger partial charge in [0, 0.05) is 17.0 Å². The second-order valence-corrected chi connectivity index (χ2v) is 7.81. The summed E-state index contributed by atoms with van der Waals surface area (Å²) >= 11 is 7.14. The monoisotopic (exact) mass is 444 g/mol. The van der Waals surface area contributed by atoms with Crippen molar-refractivity contribution in [2.24, 2.45) is 0 Å². The Morgan fingerprint density at radius 2 is 2.03 bits per heavy atom. The third kappa shape index (κ3) is 5.20. The summed E-state index contributed by atoms with van der Waals surface area (Å²) in [5.41, 5.74) is 2.35. The van der Waals surface area contributed by atoms with Gasteiger partial charge in [0.05, 0.1) is 18.6 Å². The Hall–Kier alpha value is -2.84. The normalized spacial score (nSPS) is 10.7. The summed E-state index contributed by atoms with van der Waals surface area (Å²) in [6.45, 7) is 3.73. The number of aromatic nitrogens is 3. The Morgan fingerprint density at radius 1 is 1.23 bits per heavy atom. The number of hydrogen-bond acceptors (Lipinski definition) is 6. The molecule has 1 amide bonds. The van der Waals surface area contributed by atoms with Crippen LogP contribution in [0.3, 0.4) is 0 Å². The van der Waals surface area contributed by atoms with Crippen molar-refractivity contribution in [3.8, 4) is 17.1 Å². The zero-order valence-corrected chi connectivity index (χ0v) is 18.4. The van der Waals surface area contributed by atoms with E-state index in [1.807, 2.05) is 31.2 Å². The maximum Gasteiger partial charge on any atom is 0.249 e. The highest BCUT2D eigenvalue weighted by Crippen LogP contribution is 2.28. The highest BCUT2D eigenvalue weighted by Gasteiger charge is 2.18. The first-order valence-electron chi connectivity index (χ1n) is 9.24. The van der Waals surface area contributed by atoms with Gasteiger partial charge >= 0.3 is 0 Å². The molecule has 7 nitrogen and oxygen atoms in total. The van der Waals surface area contributed by atoms with E-state index in [1.54, 1.807) is 25.1 Å². The molecular formula is C21H21ClN4O3S. The van der Waals surface area contributed by atoms with Crippen molar-refractivity contribution in [2.45, 2.75) is 25.4 Å². The number of halogens is 1. The Kier molecular flexibility index (Phi) is 7.12. The maximum absolute atomic E-state index is 12.5. The fourth-order valence-corrected chi connectivity index (χ4v) is 3.62. The SMILES string of the molecule is CCC(=O)n1nc(-c2cccc(C)c2)nc1SCC(=O)Nc1cc(Cl)ccc1OC. The molecule has 9 heteroatoms. The van der Waals surface area contributed by atoms with Crippen molar-refractivity contribution in [2.75, 3.05) is 18.2 Å². The largest absolute Gasteiger partial charge is 0.495 e. The van der Waals surface area contributed by atoms with Crippen LogP contribution >= 0.6 is 23.4 Å². The van der Waals surface area contributed by atoms with Crippen LogP contribution in [0.15, 0.2) is 47.6 Å². The number of benzene rings is 2. The summed E-state index contributed by atoms with van der Waals surface area (Å²) in [6.07, 6.45) is 0.274. The summed E-state index contributed by atoms with van der Waals surface area (Å²) in [5.74, 6) is 0.513. The van der Waals surface area contributed by atoms with E-state index in [-0.39, 0.29) is 24.0 Å². The van der Waals surface area contributed by atoms with E-state index in [2.05, 4.69) is 15.4 Å². The lowest BCUT2D eigenvalue weighted by molar-refractivity contribution is -0.113. The number of anilines is 1. The number of nitrogens with zero attached hydrogens (tertiary/aromatic N) is 3. The molecule has 0 spiro atoms. The molecule has 0 aliphatic rings. The van der Waals surface area contributed by atoms with E-state index in [0.717, 1.165) is 22.9 Å². The molecule has 30 heavy (non-hydrogen) atoms. The molecular weight excluding hydrogens is 424 g/mol. The summed E-state index contributed by atoms with van der Waals surface area (Å²) in [7, 11) is 1.51. The maximum atomic E-state index is 12.5. The van der Waals surface area contributed by atoms with Gasteiger partial charge in [0.25, 0.3) is 0 Å². The predicted molar refractivity (Wildman–Crippen MR) is 118 cm³/mol. The highest BCUT2D eigenvalue weighted by molar-refractivity contribution is 7.99. The average Bonchev–Trinajstić information content (AvgIpc) is 3.16. The molecule has 2 aromatic carbocycles. The number of methoxy groups -OCH3 is 1. The van der Waals surface area contributed by atoms with Crippen LogP contribution in [0.5, 0.6) is 5.75 Å². The third-order valence-corrected chi connectivity index (χ3v) is 5.32. The van der Waals surface area contributed by atoms with Gasteiger partial charge < -0.3 is 10.1 Å². The summed E-state index contributed by atoms with van der Waals surface area (Å²) in [4.78, 5) is 29.3. The number of thioether (sulfide) groups is 1. The molecule has 0 saturated heterocycles. The summed E-state index contributed by atoms with van der Waals surface area (Å²) < 4.78 is 6.50. The fourth-order valence-electron chi connectivity index (χ4n) is 2.70. The van der Waals surface area contributed by atoms with Crippen LogP contribution in [0.2, 0.25) is 5.02 Å². The van der Waals surface area contributed by atoms with Crippen molar-refractivity contribution < 1.29 is 14.3 Å². The number of ether oxygens (including phenoxy) is 1. The Bertz CT molecular complexity index is 1080. The number of amides is 1. The molecule has 0 fully saturated rings. The lowest BCUT2D eigenvalue weighted by Crippen LogP contribution is -2.17. The Balaban J connectivity index is 1.78. The molecule has 1 heterocycles. The topological polar surface area (TPSA) is 86.1 Å². The number of carbonyl (C=O) groups is 2. The first kappa shape index (κ1) is 21.9. The van der Waals surface area contributed by atoms with Gasteiger partial charge in [0.1, 0.15) is 5.75 Å². The molecule has 156 valence electrons. The van der Waals surface area contributed by atoms with E-state index < -0.39 is 0 Å². The molecule has 0 unspecified atom stereocenters. The molecule has 0 aliphatic carbocycles. The highest BCUT2D eigenvalue weighted by atomic mass is 35.5. The number of aryl methyl sites for hydroxylation is 1. The van der Waals surface area contributed by atoms with Gasteiger partial charge in [-0.05, 0) is 31.2 Å². The van der Waals surface area contributed by atoms with E-state index in [4.69, 9.17) is 16.3 Å². The Labute approximate surface area is 183 Å². The smallest absolute Gasteiger partial charge is 0.249 e. The van der Waals surface area contributed by atoms with Crippen LogP contribution in [0.1, 0.15) is 23.7 Å². The first-order valence-corrected chi connectivity index (χ1v) is 10.6. The van der Waals surface area contributed by atoms with Gasteiger partial charge in [-0.2, -0.15) is 4.68 Å². The van der Waals surface area contributed by atoms with Crippen LogP contribution in [-0.2, 0) is 4.79 Å². The first-order chi connectivity index (χ1) is 14.4. The van der Waals surface area contributed by atoms with Gasteiger partial charge in [-0.3, -0.25) is 9.59 Å². The van der Waals surface area contributed by atoms with E-state index >= 15 is 0 Å². The molecule has 1 N–H and O–H groups in total. The lowest BCUT2D eigenvalue weighted by atomic mass is 10.1. The minimum atomic E-state index is -0.281. The van der Waals surface area contributed by atoms with E-state index in [1.165, 1.54) is 11.8 Å². The van der Waals surface area contributed by atoms with Gasteiger partial charge in [-0.15, -0.1) is 5.10 Å². The lowest BCUT2D eigenvalue weighted by Gasteiger charge is -2.10. The molecule has 0 aliphatic heterocycles. The summed E-state index contributed by atoms with van der Waals surface area (Å²) in [6, 6.07) is 12.7. The third-order valence-electron chi connectivity index (χ3n) is 4.16. The van der Waals surface area contributed by atoms with Crippen molar-refractivity contribution in [1.29, 1.82) is 0 Å². The predicted octanol–water partition coefficient (Wildman–Crippen LogP) is 4.70.